The molecule has 0 aromatic heterocycles. The number of benzene rings is 2. The first-order valence-corrected chi connectivity index (χ1v) is 9.97. The van der Waals surface area contributed by atoms with Crippen LogP contribution >= 0.6 is 12.2 Å². The Morgan fingerprint density at radius 3 is 2.29 bits per heavy atom. The Hall–Kier alpha value is -2.73. The molecule has 1 aliphatic rings. The van der Waals surface area contributed by atoms with Crippen LogP contribution in [0, 0.1) is 0 Å². The minimum absolute atomic E-state index is 0.0148. The summed E-state index contributed by atoms with van der Waals surface area (Å²) in [5, 5.41) is 5.85. The summed E-state index contributed by atoms with van der Waals surface area (Å²) in [6.07, 6.45) is 2.07. The fraction of sp³-hybridized carbons (Fsp3) is 0.318. The van der Waals surface area contributed by atoms with Crippen molar-refractivity contribution < 1.29 is 9.59 Å². The average molecular weight is 396 g/mol. The molecule has 0 aliphatic carbocycles. The molecule has 6 heteroatoms. The van der Waals surface area contributed by atoms with Crippen LogP contribution in [0.1, 0.15) is 58.9 Å². The highest BCUT2D eigenvalue weighted by Gasteiger charge is 2.22. The second-order valence-electron chi connectivity index (χ2n) is 7.23. The molecule has 2 amide bonds. The number of thiocarbonyl (C=S) groups is 1. The first-order valence-electron chi connectivity index (χ1n) is 9.56. The van der Waals surface area contributed by atoms with Crippen LogP contribution in [0.4, 0.5) is 5.69 Å². The van der Waals surface area contributed by atoms with E-state index in [1.165, 1.54) is 5.56 Å². The molecule has 28 heavy (non-hydrogen) atoms. The van der Waals surface area contributed by atoms with Gasteiger partial charge in [0.05, 0.1) is 11.3 Å². The fourth-order valence-corrected chi connectivity index (χ4v) is 3.42. The van der Waals surface area contributed by atoms with Crippen molar-refractivity contribution in [2.45, 2.75) is 32.6 Å². The summed E-state index contributed by atoms with van der Waals surface area (Å²) in [4.78, 5) is 27.0. The maximum Gasteiger partial charge on any atom is 0.257 e. The SMILES string of the molecule is CC(C)c1ccc(C(=O)NC(=S)Nc2ccccc2C(=O)N2CCCC2)cc1. The van der Waals surface area contributed by atoms with Gasteiger partial charge in [0.25, 0.3) is 11.8 Å². The molecule has 0 bridgehead atoms. The number of carbonyl (C=O) groups is 2. The maximum absolute atomic E-state index is 12.7. The lowest BCUT2D eigenvalue weighted by atomic mass is 10.0. The van der Waals surface area contributed by atoms with Crippen LogP contribution in [0.3, 0.4) is 0 Å². The number of anilines is 1. The summed E-state index contributed by atoms with van der Waals surface area (Å²) < 4.78 is 0. The van der Waals surface area contributed by atoms with E-state index in [-0.39, 0.29) is 16.9 Å². The molecule has 5 nitrogen and oxygen atoms in total. The highest BCUT2D eigenvalue weighted by molar-refractivity contribution is 7.80. The van der Waals surface area contributed by atoms with Gasteiger partial charge in [-0.1, -0.05) is 38.1 Å². The lowest BCUT2D eigenvalue weighted by Gasteiger charge is -2.18. The Bertz CT molecular complexity index is 872. The summed E-state index contributed by atoms with van der Waals surface area (Å²) in [6.45, 7) is 5.77. The molecule has 0 radical (unpaired) electrons. The molecule has 2 N–H and O–H groups in total. The summed E-state index contributed by atoms with van der Waals surface area (Å²) in [7, 11) is 0. The quantitative estimate of drug-likeness (QED) is 0.763. The Morgan fingerprint density at radius 2 is 1.64 bits per heavy atom. The van der Waals surface area contributed by atoms with Gasteiger partial charge in [-0.05, 0) is 60.8 Å². The number of hydrogen-bond donors (Lipinski definition) is 2. The summed E-state index contributed by atoms with van der Waals surface area (Å²) in [5.41, 5.74) is 2.86. The molecule has 2 aromatic rings. The van der Waals surface area contributed by atoms with Gasteiger partial charge in [-0.2, -0.15) is 0 Å². The molecule has 1 aliphatic heterocycles. The van der Waals surface area contributed by atoms with E-state index in [4.69, 9.17) is 12.2 Å². The third-order valence-corrected chi connectivity index (χ3v) is 5.07. The van der Waals surface area contributed by atoms with Gasteiger partial charge < -0.3 is 10.2 Å². The van der Waals surface area contributed by atoms with Crippen LogP contribution < -0.4 is 10.6 Å². The number of para-hydroxylation sites is 1. The van der Waals surface area contributed by atoms with Crippen LogP contribution in [0.15, 0.2) is 48.5 Å². The molecule has 0 spiro atoms. The zero-order valence-electron chi connectivity index (χ0n) is 16.2. The molecule has 2 aromatic carbocycles. The summed E-state index contributed by atoms with van der Waals surface area (Å²) in [6, 6.07) is 14.7. The van der Waals surface area contributed by atoms with Crippen molar-refractivity contribution in [3.05, 3.63) is 65.2 Å². The number of rotatable bonds is 4. The number of hydrogen-bond acceptors (Lipinski definition) is 3. The highest BCUT2D eigenvalue weighted by atomic mass is 32.1. The molecule has 146 valence electrons. The van der Waals surface area contributed by atoms with Crippen molar-refractivity contribution in [3.63, 3.8) is 0 Å². The molecule has 1 saturated heterocycles. The standard InChI is InChI=1S/C22H25N3O2S/c1-15(2)16-9-11-17(12-10-16)20(26)24-22(28)23-19-8-4-3-7-18(19)21(27)25-13-5-6-14-25/h3-4,7-12,15H,5-6,13-14H2,1-2H3,(H2,23,24,26,28). The van der Waals surface area contributed by atoms with Crippen LogP contribution in [-0.4, -0.2) is 34.9 Å². The topological polar surface area (TPSA) is 61.4 Å². The zero-order valence-corrected chi connectivity index (χ0v) is 17.0. The monoisotopic (exact) mass is 395 g/mol. The lowest BCUT2D eigenvalue weighted by molar-refractivity contribution is 0.0793. The van der Waals surface area contributed by atoms with E-state index >= 15 is 0 Å². The number of amides is 2. The number of nitrogens with zero attached hydrogens (tertiary/aromatic N) is 1. The predicted molar refractivity (Wildman–Crippen MR) is 116 cm³/mol. The number of carbonyl (C=O) groups excluding carboxylic acids is 2. The normalized spacial score (nSPS) is 13.5. The first kappa shape index (κ1) is 20.0. The molecular weight excluding hydrogens is 370 g/mol. The van der Waals surface area contributed by atoms with Gasteiger partial charge in [0.1, 0.15) is 0 Å². The van der Waals surface area contributed by atoms with Crippen molar-refractivity contribution in [3.8, 4) is 0 Å². The second kappa shape index (κ2) is 8.97. The minimum Gasteiger partial charge on any atom is -0.339 e. The fourth-order valence-electron chi connectivity index (χ4n) is 3.22. The first-order chi connectivity index (χ1) is 13.5. The van der Waals surface area contributed by atoms with Gasteiger partial charge in [-0.15, -0.1) is 0 Å². The average Bonchev–Trinajstić information content (AvgIpc) is 3.22. The van der Waals surface area contributed by atoms with Crippen LogP contribution in [0.2, 0.25) is 0 Å². The minimum atomic E-state index is -0.281. The molecule has 0 unspecified atom stereocenters. The molecule has 1 fully saturated rings. The third-order valence-electron chi connectivity index (χ3n) is 4.87. The Balaban J connectivity index is 1.66. The Kier molecular flexibility index (Phi) is 6.41. The molecule has 0 saturated carbocycles. The van der Waals surface area contributed by atoms with E-state index in [1.807, 2.05) is 29.2 Å². The third kappa shape index (κ3) is 4.75. The van der Waals surface area contributed by atoms with E-state index in [9.17, 15) is 9.59 Å². The predicted octanol–water partition coefficient (Wildman–Crippen LogP) is 4.17. The summed E-state index contributed by atoms with van der Waals surface area (Å²) >= 11 is 5.29. The van der Waals surface area contributed by atoms with Crippen LogP contribution in [0.5, 0.6) is 0 Å². The van der Waals surface area contributed by atoms with Crippen molar-refractivity contribution in [1.29, 1.82) is 0 Å². The van der Waals surface area contributed by atoms with Gasteiger partial charge in [-0.3, -0.25) is 14.9 Å². The van der Waals surface area contributed by atoms with Crippen LogP contribution in [0.25, 0.3) is 0 Å². The molecule has 1 heterocycles. The highest BCUT2D eigenvalue weighted by Crippen LogP contribution is 2.20. The van der Waals surface area contributed by atoms with Gasteiger partial charge in [0.2, 0.25) is 0 Å². The van der Waals surface area contributed by atoms with Gasteiger partial charge in [0, 0.05) is 18.7 Å². The van der Waals surface area contributed by atoms with E-state index in [0.717, 1.165) is 25.9 Å². The molecule has 3 rings (SSSR count). The van der Waals surface area contributed by atoms with Crippen molar-refractivity contribution in [2.75, 3.05) is 18.4 Å². The zero-order chi connectivity index (χ0) is 20.1. The van der Waals surface area contributed by atoms with E-state index in [0.29, 0.717) is 22.7 Å². The Morgan fingerprint density at radius 1 is 1.00 bits per heavy atom. The molecule has 0 atom stereocenters. The van der Waals surface area contributed by atoms with E-state index in [2.05, 4.69) is 24.5 Å². The largest absolute Gasteiger partial charge is 0.339 e. The lowest BCUT2D eigenvalue weighted by Crippen LogP contribution is -2.35. The van der Waals surface area contributed by atoms with E-state index in [1.54, 1.807) is 24.3 Å². The number of nitrogens with one attached hydrogen (secondary N) is 2. The van der Waals surface area contributed by atoms with Gasteiger partial charge >= 0.3 is 0 Å². The van der Waals surface area contributed by atoms with Crippen molar-refractivity contribution >= 4 is 34.8 Å². The second-order valence-corrected chi connectivity index (χ2v) is 7.64. The molecular formula is C22H25N3O2S. The number of likely N-dealkylation sites (tertiary alicyclic amines) is 1. The smallest absolute Gasteiger partial charge is 0.257 e. The van der Waals surface area contributed by atoms with Crippen LogP contribution in [-0.2, 0) is 0 Å². The Labute approximate surface area is 171 Å². The van der Waals surface area contributed by atoms with E-state index < -0.39 is 0 Å². The van der Waals surface area contributed by atoms with Gasteiger partial charge in [0.15, 0.2) is 5.11 Å². The van der Waals surface area contributed by atoms with Gasteiger partial charge in [-0.25, -0.2) is 0 Å². The maximum atomic E-state index is 12.7. The van der Waals surface area contributed by atoms with Crippen molar-refractivity contribution in [2.24, 2.45) is 0 Å². The van der Waals surface area contributed by atoms with Crippen molar-refractivity contribution in [1.82, 2.24) is 10.2 Å². The summed E-state index contributed by atoms with van der Waals surface area (Å²) in [5.74, 6) is 0.111.